The van der Waals surface area contributed by atoms with Crippen LogP contribution in [0.1, 0.15) is 33.1 Å². The summed E-state index contributed by atoms with van der Waals surface area (Å²) in [6.45, 7) is 3.42. The summed E-state index contributed by atoms with van der Waals surface area (Å²) in [4.78, 5) is 32.4. The van der Waals surface area contributed by atoms with E-state index in [0.29, 0.717) is 0 Å². The molecule has 2 amide bonds. The van der Waals surface area contributed by atoms with Crippen LogP contribution in [0.25, 0.3) is 0 Å². The maximum Gasteiger partial charge on any atom is 0.322 e. The van der Waals surface area contributed by atoms with Gasteiger partial charge in [-0.25, -0.2) is 0 Å². The highest BCUT2D eigenvalue weighted by atomic mass is 16.4. The molecule has 0 fully saturated rings. The molecule has 0 spiro atoms. The Balaban J connectivity index is 3.67. The van der Waals surface area contributed by atoms with E-state index in [4.69, 9.17) is 5.11 Å². The largest absolute Gasteiger partial charge is 0.480 e. The molecule has 0 aromatic carbocycles. The van der Waals surface area contributed by atoms with Crippen LogP contribution < -0.4 is 10.6 Å². The molecule has 0 aromatic heterocycles. The lowest BCUT2D eigenvalue weighted by molar-refractivity contribution is -0.138. The van der Waals surface area contributed by atoms with Gasteiger partial charge in [-0.1, -0.05) is 6.92 Å². The van der Waals surface area contributed by atoms with Crippen LogP contribution in [0.15, 0.2) is 0 Å². The number of carbonyl (C=O) groups is 3. The summed E-state index contributed by atoms with van der Waals surface area (Å²) in [7, 11) is 0. The van der Waals surface area contributed by atoms with Gasteiger partial charge in [-0.05, 0) is 13.3 Å². The van der Waals surface area contributed by atoms with Crippen LogP contribution >= 0.6 is 0 Å². The minimum absolute atomic E-state index is 0.00947. The summed E-state index contributed by atoms with van der Waals surface area (Å²) in [5.74, 6) is -1.72. The van der Waals surface area contributed by atoms with Gasteiger partial charge in [-0.2, -0.15) is 0 Å². The molecule has 0 rings (SSSR count). The maximum absolute atomic E-state index is 11.2. The molecule has 16 heavy (non-hydrogen) atoms. The molecule has 1 unspecified atom stereocenters. The topological polar surface area (TPSA) is 95.5 Å². The van der Waals surface area contributed by atoms with Gasteiger partial charge in [0.05, 0.1) is 0 Å². The first-order chi connectivity index (χ1) is 7.45. The van der Waals surface area contributed by atoms with E-state index >= 15 is 0 Å². The number of carboxylic acids is 1. The van der Waals surface area contributed by atoms with Crippen LogP contribution in [0.2, 0.25) is 0 Å². The van der Waals surface area contributed by atoms with E-state index in [1.807, 2.05) is 13.8 Å². The zero-order valence-corrected chi connectivity index (χ0v) is 9.58. The number of carboxylic acid groups (broad SMARTS) is 1. The molecule has 3 N–H and O–H groups in total. The van der Waals surface area contributed by atoms with Crippen LogP contribution in [0, 0.1) is 0 Å². The number of aliphatic carboxylic acids is 1. The molecule has 1 atom stereocenters. The molecule has 0 heterocycles. The van der Waals surface area contributed by atoms with Gasteiger partial charge in [0.2, 0.25) is 11.8 Å². The van der Waals surface area contributed by atoms with E-state index in [9.17, 15) is 14.4 Å². The highest BCUT2D eigenvalue weighted by molar-refractivity contribution is 5.85. The Hall–Kier alpha value is -1.59. The lowest BCUT2D eigenvalue weighted by Crippen LogP contribution is -2.34. The summed E-state index contributed by atoms with van der Waals surface area (Å²) in [6, 6.07) is 0.0922. The van der Waals surface area contributed by atoms with Crippen LogP contribution in [0.3, 0.4) is 0 Å². The minimum Gasteiger partial charge on any atom is -0.480 e. The number of hydrogen-bond donors (Lipinski definition) is 3. The fraction of sp³-hybridized carbons (Fsp3) is 0.700. The first-order valence-electron chi connectivity index (χ1n) is 5.23. The highest BCUT2D eigenvalue weighted by Gasteiger charge is 2.09. The van der Waals surface area contributed by atoms with Crippen LogP contribution in [0.5, 0.6) is 0 Å². The van der Waals surface area contributed by atoms with Gasteiger partial charge in [0, 0.05) is 18.9 Å². The van der Waals surface area contributed by atoms with Crippen molar-refractivity contribution in [2.45, 2.75) is 39.2 Å². The van der Waals surface area contributed by atoms with Crippen LogP contribution in [-0.4, -0.2) is 35.5 Å². The fourth-order valence-electron chi connectivity index (χ4n) is 0.939. The van der Waals surface area contributed by atoms with Gasteiger partial charge in [0.15, 0.2) is 0 Å². The second-order valence-corrected chi connectivity index (χ2v) is 3.55. The number of rotatable bonds is 7. The average molecular weight is 230 g/mol. The van der Waals surface area contributed by atoms with Gasteiger partial charge in [0.1, 0.15) is 6.54 Å². The van der Waals surface area contributed by atoms with E-state index in [1.165, 1.54) is 0 Å². The van der Waals surface area contributed by atoms with Gasteiger partial charge < -0.3 is 15.7 Å². The Morgan fingerprint density at radius 1 is 1.19 bits per heavy atom. The third kappa shape index (κ3) is 7.78. The molecule has 0 bridgehead atoms. The zero-order valence-electron chi connectivity index (χ0n) is 9.58. The molecule has 0 aliphatic heterocycles. The zero-order chi connectivity index (χ0) is 12.6. The van der Waals surface area contributed by atoms with Crippen molar-refractivity contribution >= 4 is 17.8 Å². The van der Waals surface area contributed by atoms with Crippen molar-refractivity contribution in [2.24, 2.45) is 0 Å². The Kier molecular flexibility index (Phi) is 6.91. The molecule has 6 nitrogen and oxygen atoms in total. The monoisotopic (exact) mass is 230 g/mol. The second-order valence-electron chi connectivity index (χ2n) is 3.55. The molecular weight excluding hydrogens is 212 g/mol. The quantitative estimate of drug-likeness (QED) is 0.568. The number of hydrogen-bond acceptors (Lipinski definition) is 3. The van der Waals surface area contributed by atoms with Gasteiger partial charge in [-0.15, -0.1) is 0 Å². The molecule has 0 aliphatic carbocycles. The third-order valence-electron chi connectivity index (χ3n) is 2.04. The normalized spacial score (nSPS) is 11.6. The predicted octanol–water partition coefficient (Wildman–Crippen LogP) is -0.118. The lowest BCUT2D eigenvalue weighted by Gasteiger charge is -2.10. The van der Waals surface area contributed by atoms with E-state index in [-0.39, 0.29) is 24.8 Å². The number of carbonyl (C=O) groups excluding carboxylic acids is 2. The molecule has 0 radical (unpaired) electrons. The van der Waals surface area contributed by atoms with Crippen molar-refractivity contribution in [1.29, 1.82) is 0 Å². The summed E-state index contributed by atoms with van der Waals surface area (Å²) in [6.07, 6.45) is 0.919. The molecule has 0 aliphatic rings. The standard InChI is InChI=1S/C10H18N2O4/c1-3-7(2)12-9(14)5-4-8(13)11-6-10(15)16/h7H,3-6H2,1-2H3,(H,11,13)(H,12,14)(H,15,16). The van der Waals surface area contributed by atoms with Crippen molar-refractivity contribution in [3.05, 3.63) is 0 Å². The Labute approximate surface area is 94.4 Å². The summed E-state index contributed by atoms with van der Waals surface area (Å²) in [5, 5.41) is 13.2. The number of amides is 2. The SMILES string of the molecule is CCC(C)NC(=O)CCC(=O)NCC(=O)O. The second kappa shape index (κ2) is 7.67. The van der Waals surface area contributed by atoms with E-state index < -0.39 is 18.4 Å². The van der Waals surface area contributed by atoms with E-state index in [2.05, 4.69) is 10.6 Å². The van der Waals surface area contributed by atoms with Crippen molar-refractivity contribution in [3.8, 4) is 0 Å². The van der Waals surface area contributed by atoms with Gasteiger partial charge in [-0.3, -0.25) is 14.4 Å². The van der Waals surface area contributed by atoms with Crippen LogP contribution in [0.4, 0.5) is 0 Å². The maximum atomic E-state index is 11.2. The molecule has 0 aromatic rings. The fourth-order valence-corrected chi connectivity index (χ4v) is 0.939. The van der Waals surface area contributed by atoms with Gasteiger partial charge in [0.25, 0.3) is 0 Å². The van der Waals surface area contributed by atoms with Crippen molar-refractivity contribution in [3.63, 3.8) is 0 Å². The Bertz CT molecular complexity index is 266. The van der Waals surface area contributed by atoms with Gasteiger partial charge >= 0.3 is 5.97 Å². The average Bonchev–Trinajstić information content (AvgIpc) is 2.23. The molecule has 6 heteroatoms. The third-order valence-corrected chi connectivity index (χ3v) is 2.04. The first-order valence-corrected chi connectivity index (χ1v) is 5.23. The predicted molar refractivity (Wildman–Crippen MR) is 57.8 cm³/mol. The smallest absolute Gasteiger partial charge is 0.322 e. The summed E-state index contributed by atoms with van der Waals surface area (Å²) in [5.41, 5.74) is 0. The summed E-state index contributed by atoms with van der Waals surface area (Å²) < 4.78 is 0. The van der Waals surface area contributed by atoms with Crippen LogP contribution in [-0.2, 0) is 14.4 Å². The Morgan fingerprint density at radius 2 is 1.75 bits per heavy atom. The Morgan fingerprint density at radius 3 is 2.25 bits per heavy atom. The van der Waals surface area contributed by atoms with Crippen molar-refractivity contribution in [2.75, 3.05) is 6.54 Å². The lowest BCUT2D eigenvalue weighted by atomic mass is 10.2. The molecular formula is C10H18N2O4. The van der Waals surface area contributed by atoms with Crippen molar-refractivity contribution in [1.82, 2.24) is 10.6 Å². The van der Waals surface area contributed by atoms with E-state index in [1.54, 1.807) is 0 Å². The highest BCUT2D eigenvalue weighted by Crippen LogP contribution is 1.93. The molecule has 0 saturated heterocycles. The summed E-state index contributed by atoms with van der Waals surface area (Å²) >= 11 is 0. The van der Waals surface area contributed by atoms with Crippen molar-refractivity contribution < 1.29 is 19.5 Å². The number of nitrogens with one attached hydrogen (secondary N) is 2. The molecule has 0 saturated carbocycles. The molecule has 92 valence electrons. The van der Waals surface area contributed by atoms with E-state index in [0.717, 1.165) is 6.42 Å². The minimum atomic E-state index is -1.10. The first kappa shape index (κ1) is 14.4.